The minimum Gasteiger partial charge on any atom is -0.215 e. The summed E-state index contributed by atoms with van der Waals surface area (Å²) in [5, 5.41) is 0. The quantitative estimate of drug-likeness (QED) is 0.707. The van der Waals surface area contributed by atoms with Crippen molar-refractivity contribution in [3.05, 3.63) is 11.0 Å². The summed E-state index contributed by atoms with van der Waals surface area (Å²) in [4.78, 5) is -0.449. The minimum absolute atomic E-state index is 0.0157. The van der Waals surface area contributed by atoms with Gasteiger partial charge in [-0.1, -0.05) is 18.9 Å². The molecule has 15 heavy (non-hydrogen) atoms. The summed E-state index contributed by atoms with van der Waals surface area (Å²) in [5.74, 6) is 0. The Bertz CT molecular complexity index is 341. The third-order valence-corrected chi connectivity index (χ3v) is 4.07. The summed E-state index contributed by atoms with van der Waals surface area (Å²) in [6.07, 6.45) is 4.69. The molecule has 0 spiro atoms. The van der Waals surface area contributed by atoms with Crippen LogP contribution in [0.25, 0.3) is 0 Å². The van der Waals surface area contributed by atoms with Crippen LogP contribution in [0.15, 0.2) is 11.0 Å². The van der Waals surface area contributed by atoms with Crippen molar-refractivity contribution in [2.24, 2.45) is 0 Å². The Morgan fingerprint density at radius 1 is 1.07 bits per heavy atom. The molecule has 1 aliphatic carbocycles. The summed E-state index contributed by atoms with van der Waals surface area (Å²) in [6, 6.07) is 0. The standard InChI is InChI=1S/C9H13F3O2S/c10-9(11,12)15(13,14)8-6-4-2-1-3-5-7-8/h6H,1-5,7H2/b8-6+. The molecule has 1 rings (SSSR count). The lowest BCUT2D eigenvalue weighted by molar-refractivity contribution is -0.0427. The highest BCUT2D eigenvalue weighted by molar-refractivity contribution is 7.96. The molecule has 0 saturated carbocycles. The van der Waals surface area contributed by atoms with E-state index in [9.17, 15) is 21.6 Å². The normalized spacial score (nSPS) is 23.8. The molecule has 88 valence electrons. The Morgan fingerprint density at radius 3 is 2.27 bits per heavy atom. The molecule has 6 heteroatoms. The first-order valence-corrected chi connectivity index (χ1v) is 6.34. The maximum Gasteiger partial charge on any atom is 0.501 e. The smallest absolute Gasteiger partial charge is 0.215 e. The van der Waals surface area contributed by atoms with Gasteiger partial charge in [0.15, 0.2) is 0 Å². The van der Waals surface area contributed by atoms with Crippen LogP contribution in [-0.2, 0) is 9.84 Å². The fraction of sp³-hybridized carbons (Fsp3) is 0.778. The second kappa shape index (κ2) is 4.55. The van der Waals surface area contributed by atoms with E-state index in [1.807, 2.05) is 0 Å². The number of alkyl halides is 3. The molecular weight excluding hydrogens is 229 g/mol. The van der Waals surface area contributed by atoms with Crippen LogP contribution in [0, 0.1) is 0 Å². The Kier molecular flexibility index (Phi) is 3.81. The van der Waals surface area contributed by atoms with Gasteiger partial charge in [0.2, 0.25) is 0 Å². The van der Waals surface area contributed by atoms with Crippen molar-refractivity contribution in [1.82, 2.24) is 0 Å². The van der Waals surface area contributed by atoms with E-state index in [1.54, 1.807) is 0 Å². The predicted octanol–water partition coefficient (Wildman–Crippen LogP) is 3.16. The molecule has 0 unspecified atom stereocenters. The van der Waals surface area contributed by atoms with Crippen LogP contribution >= 0.6 is 0 Å². The number of rotatable bonds is 1. The average molecular weight is 242 g/mol. The van der Waals surface area contributed by atoms with Crippen LogP contribution in [0.2, 0.25) is 0 Å². The highest BCUT2D eigenvalue weighted by atomic mass is 32.2. The van der Waals surface area contributed by atoms with Crippen molar-refractivity contribution in [1.29, 1.82) is 0 Å². The number of sulfone groups is 1. The van der Waals surface area contributed by atoms with E-state index in [-0.39, 0.29) is 6.42 Å². The molecule has 0 fully saturated rings. The lowest BCUT2D eigenvalue weighted by Crippen LogP contribution is -2.25. The number of hydrogen-bond acceptors (Lipinski definition) is 2. The average Bonchev–Trinajstić information content (AvgIpc) is 1.99. The van der Waals surface area contributed by atoms with Gasteiger partial charge in [-0.3, -0.25) is 0 Å². The van der Waals surface area contributed by atoms with Crippen molar-refractivity contribution < 1.29 is 21.6 Å². The molecule has 1 aliphatic rings. The second-order valence-corrected chi connectivity index (χ2v) is 5.57. The van der Waals surface area contributed by atoms with E-state index in [2.05, 4.69) is 0 Å². The fourth-order valence-electron chi connectivity index (χ4n) is 1.55. The molecule has 0 radical (unpaired) electrons. The molecule has 2 nitrogen and oxygen atoms in total. The Labute approximate surface area is 87.1 Å². The number of halogens is 3. The second-order valence-electron chi connectivity index (χ2n) is 3.57. The van der Waals surface area contributed by atoms with E-state index in [4.69, 9.17) is 0 Å². The van der Waals surface area contributed by atoms with Crippen LogP contribution in [0.3, 0.4) is 0 Å². The summed E-state index contributed by atoms with van der Waals surface area (Å²) < 4.78 is 58.8. The van der Waals surface area contributed by atoms with Crippen molar-refractivity contribution in [3.8, 4) is 0 Å². The summed E-state index contributed by atoms with van der Waals surface area (Å²) in [6.45, 7) is 0. The molecule has 0 saturated heterocycles. The zero-order valence-electron chi connectivity index (χ0n) is 8.18. The fourth-order valence-corrected chi connectivity index (χ4v) is 2.60. The van der Waals surface area contributed by atoms with Gasteiger partial charge in [0.25, 0.3) is 9.84 Å². The number of allylic oxidation sites excluding steroid dienone is 2. The third-order valence-electron chi connectivity index (χ3n) is 2.40. The SMILES string of the molecule is O=S(=O)(/C1=C/CCCCCC1)C(F)(F)F. The van der Waals surface area contributed by atoms with E-state index in [0.717, 1.165) is 19.3 Å². The molecule has 0 atom stereocenters. The van der Waals surface area contributed by atoms with Crippen molar-refractivity contribution in [2.75, 3.05) is 0 Å². The van der Waals surface area contributed by atoms with Gasteiger partial charge in [-0.25, -0.2) is 8.42 Å². The van der Waals surface area contributed by atoms with E-state index < -0.39 is 20.3 Å². The van der Waals surface area contributed by atoms with E-state index >= 15 is 0 Å². The summed E-state index contributed by atoms with van der Waals surface area (Å²) in [5.41, 5.74) is -5.15. The van der Waals surface area contributed by atoms with Crippen LogP contribution in [0.4, 0.5) is 13.2 Å². The molecule has 0 aromatic heterocycles. The molecular formula is C9H13F3O2S. The molecule has 0 N–H and O–H groups in total. The first kappa shape index (κ1) is 12.5. The Morgan fingerprint density at radius 2 is 1.67 bits per heavy atom. The highest BCUT2D eigenvalue weighted by Gasteiger charge is 2.47. The molecule has 0 aromatic rings. The van der Waals surface area contributed by atoms with Gasteiger partial charge in [-0.05, 0) is 25.7 Å². The molecule has 0 aromatic carbocycles. The van der Waals surface area contributed by atoms with E-state index in [1.165, 1.54) is 6.08 Å². The van der Waals surface area contributed by atoms with E-state index in [0.29, 0.717) is 12.8 Å². The van der Waals surface area contributed by atoms with Gasteiger partial charge in [-0.15, -0.1) is 0 Å². The van der Waals surface area contributed by atoms with Gasteiger partial charge in [0.05, 0.1) is 0 Å². The third kappa shape index (κ3) is 2.96. The van der Waals surface area contributed by atoms with Crippen LogP contribution in [0.5, 0.6) is 0 Å². The van der Waals surface area contributed by atoms with Gasteiger partial charge in [0.1, 0.15) is 0 Å². The Hall–Kier alpha value is -0.520. The first-order valence-electron chi connectivity index (χ1n) is 4.86. The maximum absolute atomic E-state index is 12.2. The summed E-state index contributed by atoms with van der Waals surface area (Å²) in [7, 11) is -5.08. The highest BCUT2D eigenvalue weighted by Crippen LogP contribution is 2.33. The monoisotopic (exact) mass is 242 g/mol. The van der Waals surface area contributed by atoms with Gasteiger partial charge < -0.3 is 0 Å². The minimum atomic E-state index is -5.15. The Balaban J connectivity index is 2.94. The molecule has 0 heterocycles. The van der Waals surface area contributed by atoms with Crippen molar-refractivity contribution >= 4 is 9.84 Å². The predicted molar refractivity (Wildman–Crippen MR) is 50.8 cm³/mol. The number of hydrogen-bond donors (Lipinski definition) is 0. The maximum atomic E-state index is 12.2. The first-order chi connectivity index (χ1) is 6.86. The van der Waals surface area contributed by atoms with Gasteiger partial charge in [-0.2, -0.15) is 13.2 Å². The van der Waals surface area contributed by atoms with Crippen molar-refractivity contribution in [2.45, 2.75) is 44.0 Å². The molecule has 0 amide bonds. The van der Waals surface area contributed by atoms with Crippen LogP contribution < -0.4 is 0 Å². The zero-order chi connectivity index (χ0) is 11.5. The lowest BCUT2D eigenvalue weighted by Gasteiger charge is -2.13. The van der Waals surface area contributed by atoms with Crippen LogP contribution in [-0.4, -0.2) is 13.9 Å². The largest absolute Gasteiger partial charge is 0.501 e. The van der Waals surface area contributed by atoms with Crippen LogP contribution in [0.1, 0.15) is 38.5 Å². The summed E-state index contributed by atoms with van der Waals surface area (Å²) >= 11 is 0. The zero-order valence-corrected chi connectivity index (χ0v) is 9.00. The van der Waals surface area contributed by atoms with Gasteiger partial charge >= 0.3 is 5.51 Å². The van der Waals surface area contributed by atoms with Gasteiger partial charge in [0, 0.05) is 4.91 Å². The topological polar surface area (TPSA) is 34.1 Å². The van der Waals surface area contributed by atoms with Crippen molar-refractivity contribution in [3.63, 3.8) is 0 Å². The lowest BCUT2D eigenvalue weighted by atomic mass is 10.1. The molecule has 0 aliphatic heterocycles. The molecule has 0 bridgehead atoms.